The standard InChI is InChI=1S/C20H22N4O2/c1-13-10-14(2)24(22-13)19-11-16(26-5)7-8-17(19)18-9-6-15(12-21-18)20(25)23(3)4/h6-12H,1-5H3. The van der Waals surface area contributed by atoms with Gasteiger partial charge in [-0.3, -0.25) is 9.78 Å². The molecule has 0 fully saturated rings. The lowest BCUT2D eigenvalue weighted by Gasteiger charge is -2.14. The van der Waals surface area contributed by atoms with Gasteiger partial charge in [-0.2, -0.15) is 5.10 Å². The molecule has 2 heterocycles. The molecule has 0 unspecified atom stereocenters. The summed E-state index contributed by atoms with van der Waals surface area (Å²) in [6.45, 7) is 3.97. The molecule has 0 spiro atoms. The van der Waals surface area contributed by atoms with E-state index in [4.69, 9.17) is 4.74 Å². The first kappa shape index (κ1) is 17.7. The van der Waals surface area contributed by atoms with E-state index in [2.05, 4.69) is 10.1 Å². The van der Waals surface area contributed by atoms with Crippen LogP contribution in [0.4, 0.5) is 0 Å². The number of nitrogens with zero attached hydrogens (tertiary/aromatic N) is 4. The number of carbonyl (C=O) groups excluding carboxylic acids is 1. The van der Waals surface area contributed by atoms with E-state index < -0.39 is 0 Å². The molecule has 6 nitrogen and oxygen atoms in total. The van der Waals surface area contributed by atoms with Crippen molar-refractivity contribution in [1.29, 1.82) is 0 Å². The van der Waals surface area contributed by atoms with Gasteiger partial charge in [0.2, 0.25) is 0 Å². The Morgan fingerprint density at radius 1 is 1.12 bits per heavy atom. The number of ether oxygens (including phenoxy) is 1. The van der Waals surface area contributed by atoms with Gasteiger partial charge in [0.05, 0.1) is 29.7 Å². The Balaban J connectivity index is 2.10. The van der Waals surface area contributed by atoms with E-state index >= 15 is 0 Å². The Bertz CT molecular complexity index is 943. The molecular weight excluding hydrogens is 328 g/mol. The fourth-order valence-electron chi connectivity index (χ4n) is 2.84. The molecule has 0 atom stereocenters. The molecule has 0 aliphatic heterocycles. The van der Waals surface area contributed by atoms with Crippen LogP contribution in [0, 0.1) is 13.8 Å². The summed E-state index contributed by atoms with van der Waals surface area (Å²) < 4.78 is 7.26. The SMILES string of the molecule is COc1ccc(-c2ccc(C(=O)N(C)C)cn2)c(-n2nc(C)cc2C)c1. The number of methoxy groups -OCH3 is 1. The number of hydrogen-bond acceptors (Lipinski definition) is 4. The lowest BCUT2D eigenvalue weighted by molar-refractivity contribution is 0.0827. The fourth-order valence-corrected chi connectivity index (χ4v) is 2.84. The molecule has 0 aliphatic carbocycles. The second kappa shape index (κ2) is 7.00. The van der Waals surface area contributed by atoms with Crippen LogP contribution in [0.25, 0.3) is 16.9 Å². The number of benzene rings is 1. The summed E-state index contributed by atoms with van der Waals surface area (Å²) in [6, 6.07) is 11.5. The molecule has 0 saturated carbocycles. The molecule has 0 aliphatic rings. The third-order valence-electron chi connectivity index (χ3n) is 4.14. The monoisotopic (exact) mass is 350 g/mol. The summed E-state index contributed by atoms with van der Waals surface area (Å²) in [7, 11) is 5.08. The highest BCUT2D eigenvalue weighted by Crippen LogP contribution is 2.30. The van der Waals surface area contributed by atoms with Crippen LogP contribution >= 0.6 is 0 Å². The minimum absolute atomic E-state index is 0.0717. The van der Waals surface area contributed by atoms with Crippen LogP contribution in [0.5, 0.6) is 5.75 Å². The fraction of sp³-hybridized carbons (Fsp3) is 0.250. The first-order valence-corrected chi connectivity index (χ1v) is 8.30. The Hall–Kier alpha value is -3.15. The van der Waals surface area contributed by atoms with Gasteiger partial charge in [0.25, 0.3) is 5.91 Å². The zero-order valence-corrected chi connectivity index (χ0v) is 15.6. The highest BCUT2D eigenvalue weighted by molar-refractivity contribution is 5.93. The van der Waals surface area contributed by atoms with Crippen molar-refractivity contribution in [3.05, 3.63) is 59.5 Å². The van der Waals surface area contributed by atoms with Crippen molar-refractivity contribution in [2.24, 2.45) is 0 Å². The maximum absolute atomic E-state index is 12.1. The minimum Gasteiger partial charge on any atom is -0.497 e. The van der Waals surface area contributed by atoms with E-state index in [1.165, 1.54) is 4.90 Å². The lowest BCUT2D eigenvalue weighted by atomic mass is 10.1. The smallest absolute Gasteiger partial charge is 0.254 e. The van der Waals surface area contributed by atoms with Gasteiger partial charge in [0.1, 0.15) is 5.75 Å². The third-order valence-corrected chi connectivity index (χ3v) is 4.14. The van der Waals surface area contributed by atoms with Crippen LogP contribution < -0.4 is 4.74 Å². The predicted octanol–water partition coefficient (Wildman–Crippen LogP) is 3.26. The predicted molar refractivity (Wildman–Crippen MR) is 101 cm³/mol. The number of rotatable bonds is 4. The van der Waals surface area contributed by atoms with Crippen molar-refractivity contribution < 1.29 is 9.53 Å². The average Bonchev–Trinajstić information content (AvgIpc) is 2.98. The van der Waals surface area contributed by atoms with Gasteiger partial charge in [0.15, 0.2) is 0 Å². The summed E-state index contributed by atoms with van der Waals surface area (Å²) in [5.74, 6) is 0.674. The first-order valence-electron chi connectivity index (χ1n) is 8.30. The van der Waals surface area contributed by atoms with Crippen molar-refractivity contribution in [2.75, 3.05) is 21.2 Å². The summed E-state index contributed by atoms with van der Waals surface area (Å²) >= 11 is 0. The third kappa shape index (κ3) is 3.31. The summed E-state index contributed by atoms with van der Waals surface area (Å²) in [5, 5.41) is 4.58. The van der Waals surface area contributed by atoms with Gasteiger partial charge in [-0.15, -0.1) is 0 Å². The van der Waals surface area contributed by atoms with Crippen LogP contribution in [0.15, 0.2) is 42.6 Å². The quantitative estimate of drug-likeness (QED) is 0.725. The largest absolute Gasteiger partial charge is 0.497 e. The molecule has 2 aromatic heterocycles. The van der Waals surface area contributed by atoms with E-state index in [-0.39, 0.29) is 5.91 Å². The van der Waals surface area contributed by atoms with Crippen LogP contribution in [-0.2, 0) is 0 Å². The summed E-state index contributed by atoms with van der Waals surface area (Å²) in [6.07, 6.45) is 1.60. The van der Waals surface area contributed by atoms with Crippen LogP contribution in [0.2, 0.25) is 0 Å². The second-order valence-electron chi connectivity index (χ2n) is 6.35. The zero-order chi connectivity index (χ0) is 18.8. The number of aryl methyl sites for hydroxylation is 2. The molecule has 26 heavy (non-hydrogen) atoms. The van der Waals surface area contributed by atoms with Gasteiger partial charge in [-0.05, 0) is 44.2 Å². The van der Waals surface area contributed by atoms with E-state index in [0.29, 0.717) is 5.56 Å². The maximum Gasteiger partial charge on any atom is 0.254 e. The molecule has 3 rings (SSSR count). The van der Waals surface area contributed by atoms with Gasteiger partial charge in [-0.25, -0.2) is 4.68 Å². The highest BCUT2D eigenvalue weighted by Gasteiger charge is 2.14. The second-order valence-corrected chi connectivity index (χ2v) is 6.35. The van der Waals surface area contributed by atoms with E-state index in [1.807, 2.05) is 48.9 Å². The van der Waals surface area contributed by atoms with Crippen molar-refractivity contribution in [1.82, 2.24) is 19.7 Å². The van der Waals surface area contributed by atoms with E-state index in [9.17, 15) is 4.79 Å². The highest BCUT2D eigenvalue weighted by atomic mass is 16.5. The molecule has 134 valence electrons. The lowest BCUT2D eigenvalue weighted by Crippen LogP contribution is -2.21. The first-order chi connectivity index (χ1) is 12.4. The molecular formula is C20H22N4O2. The normalized spacial score (nSPS) is 10.7. The Morgan fingerprint density at radius 3 is 2.42 bits per heavy atom. The summed E-state index contributed by atoms with van der Waals surface area (Å²) in [5.41, 5.74) is 5.09. The molecule has 1 amide bonds. The van der Waals surface area contributed by atoms with Gasteiger partial charge >= 0.3 is 0 Å². The molecule has 0 bridgehead atoms. The number of hydrogen-bond donors (Lipinski definition) is 0. The zero-order valence-electron chi connectivity index (χ0n) is 15.6. The van der Waals surface area contributed by atoms with Crippen LogP contribution in [-0.4, -0.2) is 46.8 Å². The van der Waals surface area contributed by atoms with Crippen LogP contribution in [0.1, 0.15) is 21.7 Å². The maximum atomic E-state index is 12.1. The average molecular weight is 350 g/mol. The number of pyridine rings is 1. The Morgan fingerprint density at radius 2 is 1.88 bits per heavy atom. The van der Waals surface area contributed by atoms with Gasteiger partial charge < -0.3 is 9.64 Å². The molecule has 3 aromatic rings. The van der Waals surface area contributed by atoms with Crippen LogP contribution in [0.3, 0.4) is 0 Å². The van der Waals surface area contributed by atoms with Crippen molar-refractivity contribution in [3.8, 4) is 22.7 Å². The number of aromatic nitrogens is 3. The Kier molecular flexibility index (Phi) is 4.75. The van der Waals surface area contributed by atoms with Crippen molar-refractivity contribution in [3.63, 3.8) is 0 Å². The van der Waals surface area contributed by atoms with Gasteiger partial charge in [0, 0.05) is 37.6 Å². The number of amides is 1. The minimum atomic E-state index is -0.0717. The van der Waals surface area contributed by atoms with E-state index in [1.54, 1.807) is 33.5 Å². The van der Waals surface area contributed by atoms with Crippen molar-refractivity contribution >= 4 is 5.91 Å². The molecule has 0 radical (unpaired) electrons. The van der Waals surface area contributed by atoms with Crippen molar-refractivity contribution in [2.45, 2.75) is 13.8 Å². The Labute approximate surface area is 153 Å². The molecule has 0 N–H and O–H groups in total. The topological polar surface area (TPSA) is 60.2 Å². The molecule has 1 aromatic carbocycles. The van der Waals surface area contributed by atoms with Gasteiger partial charge in [-0.1, -0.05) is 0 Å². The number of carbonyl (C=O) groups is 1. The molecule has 0 saturated heterocycles. The summed E-state index contributed by atoms with van der Waals surface area (Å²) in [4.78, 5) is 18.1. The molecule has 6 heteroatoms. The van der Waals surface area contributed by atoms with E-state index in [0.717, 1.165) is 34.1 Å².